The van der Waals surface area contributed by atoms with Gasteiger partial charge in [-0.05, 0) is 36.4 Å². The maximum absolute atomic E-state index is 12.8. The van der Waals surface area contributed by atoms with Crippen LogP contribution in [0.3, 0.4) is 0 Å². The van der Waals surface area contributed by atoms with Crippen LogP contribution in [0.5, 0.6) is 0 Å². The van der Waals surface area contributed by atoms with Gasteiger partial charge in [-0.25, -0.2) is 0 Å². The summed E-state index contributed by atoms with van der Waals surface area (Å²) in [5.74, 6) is -0.585. The zero-order valence-corrected chi connectivity index (χ0v) is 14.4. The van der Waals surface area contributed by atoms with Crippen molar-refractivity contribution in [2.75, 3.05) is 5.32 Å². The van der Waals surface area contributed by atoms with Crippen LogP contribution >= 0.6 is 23.2 Å². The molecule has 0 fully saturated rings. The maximum Gasteiger partial charge on any atom is 0.416 e. The second-order valence-electron chi connectivity index (χ2n) is 5.29. The first-order valence-corrected chi connectivity index (χ1v) is 8.04. The fraction of sp³-hybridized carbons (Fsp3) is 0.0556. The lowest BCUT2D eigenvalue weighted by Crippen LogP contribution is -2.11. The van der Waals surface area contributed by atoms with Gasteiger partial charge in [0.05, 0.1) is 21.3 Å². The van der Waals surface area contributed by atoms with Crippen molar-refractivity contribution in [1.82, 2.24) is 0 Å². The monoisotopic (exact) mass is 399 g/mol. The van der Waals surface area contributed by atoms with Crippen molar-refractivity contribution in [3.05, 3.63) is 76.0 Å². The van der Waals surface area contributed by atoms with Crippen molar-refractivity contribution >= 4 is 34.8 Å². The molecule has 0 unspecified atom stereocenters. The number of nitrogens with one attached hydrogen (secondary N) is 1. The van der Waals surface area contributed by atoms with Gasteiger partial charge in [0, 0.05) is 5.56 Å². The zero-order chi connectivity index (χ0) is 18.9. The molecule has 0 saturated heterocycles. The largest absolute Gasteiger partial charge is 0.451 e. The number of hydrogen-bond donors (Lipinski definition) is 1. The Morgan fingerprint density at radius 1 is 0.962 bits per heavy atom. The number of halogens is 5. The summed E-state index contributed by atoms with van der Waals surface area (Å²) in [4.78, 5) is 12.3. The molecule has 3 nitrogen and oxygen atoms in total. The Hall–Kier alpha value is -2.44. The summed E-state index contributed by atoms with van der Waals surface area (Å²) >= 11 is 12.0. The van der Waals surface area contributed by atoms with E-state index in [0.29, 0.717) is 0 Å². The van der Waals surface area contributed by atoms with E-state index < -0.39 is 17.6 Å². The van der Waals surface area contributed by atoms with E-state index in [1.807, 2.05) is 0 Å². The van der Waals surface area contributed by atoms with Crippen LogP contribution in [0.4, 0.5) is 18.9 Å². The summed E-state index contributed by atoms with van der Waals surface area (Å²) in [6.07, 6.45) is -4.47. The highest BCUT2D eigenvalue weighted by Gasteiger charge is 2.30. The molecule has 0 bridgehead atoms. The van der Waals surface area contributed by atoms with Crippen LogP contribution < -0.4 is 5.32 Å². The van der Waals surface area contributed by atoms with E-state index in [9.17, 15) is 18.0 Å². The molecular weight excluding hydrogens is 390 g/mol. The van der Waals surface area contributed by atoms with Gasteiger partial charge in [-0.15, -0.1) is 0 Å². The average molecular weight is 400 g/mol. The highest BCUT2D eigenvalue weighted by molar-refractivity contribution is 6.39. The van der Waals surface area contributed by atoms with Crippen molar-refractivity contribution in [2.45, 2.75) is 6.18 Å². The maximum atomic E-state index is 12.8. The number of anilines is 1. The molecule has 0 aliphatic rings. The molecule has 8 heteroatoms. The number of amides is 1. The Kier molecular flexibility index (Phi) is 4.98. The predicted octanol–water partition coefficient (Wildman–Crippen LogP) is 6.52. The highest BCUT2D eigenvalue weighted by Crippen LogP contribution is 2.33. The van der Waals surface area contributed by atoms with Crippen LogP contribution in [-0.2, 0) is 6.18 Å². The van der Waals surface area contributed by atoms with E-state index in [1.54, 1.807) is 18.2 Å². The third-order valence-electron chi connectivity index (χ3n) is 3.51. The van der Waals surface area contributed by atoms with E-state index in [1.165, 1.54) is 24.3 Å². The lowest BCUT2D eigenvalue weighted by Gasteiger charge is -2.08. The second-order valence-corrected chi connectivity index (χ2v) is 6.11. The van der Waals surface area contributed by atoms with Gasteiger partial charge in [0.25, 0.3) is 5.91 Å². The van der Waals surface area contributed by atoms with Crippen LogP contribution in [0.15, 0.2) is 59.0 Å². The van der Waals surface area contributed by atoms with Gasteiger partial charge < -0.3 is 9.73 Å². The van der Waals surface area contributed by atoms with E-state index >= 15 is 0 Å². The number of benzene rings is 2. The number of hydrogen-bond acceptors (Lipinski definition) is 2. The molecule has 1 aromatic heterocycles. The minimum atomic E-state index is -4.47. The van der Waals surface area contributed by atoms with Crippen molar-refractivity contribution in [3.8, 4) is 11.3 Å². The molecule has 0 spiro atoms. The van der Waals surface area contributed by atoms with Crippen LogP contribution in [-0.4, -0.2) is 5.91 Å². The van der Waals surface area contributed by atoms with Crippen molar-refractivity contribution < 1.29 is 22.4 Å². The topological polar surface area (TPSA) is 42.2 Å². The SMILES string of the molecule is O=C(Nc1c(Cl)cccc1Cl)c1ccc(-c2cccc(C(F)(F)F)c2)o1. The molecule has 0 aliphatic carbocycles. The fourth-order valence-corrected chi connectivity index (χ4v) is 2.75. The molecule has 3 rings (SSSR count). The third kappa shape index (κ3) is 3.86. The van der Waals surface area contributed by atoms with Gasteiger partial charge in [-0.3, -0.25) is 4.79 Å². The molecule has 3 aromatic rings. The number of carbonyl (C=O) groups excluding carboxylic acids is 1. The Morgan fingerprint density at radius 3 is 2.27 bits per heavy atom. The molecule has 0 saturated carbocycles. The molecule has 2 aromatic carbocycles. The summed E-state index contributed by atoms with van der Waals surface area (Å²) in [6, 6.07) is 12.1. The minimum absolute atomic E-state index is 0.0894. The standard InChI is InChI=1S/C18H10Cl2F3NO2/c19-12-5-2-6-13(20)16(12)24-17(25)15-8-7-14(26-15)10-3-1-4-11(9-10)18(21,22)23/h1-9H,(H,24,25). The molecule has 134 valence electrons. The first-order valence-electron chi connectivity index (χ1n) is 7.28. The molecule has 1 N–H and O–H groups in total. The number of rotatable bonds is 3. The van der Waals surface area contributed by atoms with Crippen LogP contribution in [0.25, 0.3) is 11.3 Å². The summed E-state index contributed by atoms with van der Waals surface area (Å²) in [5.41, 5.74) is -0.382. The van der Waals surface area contributed by atoms with Gasteiger partial charge in [-0.2, -0.15) is 13.2 Å². The van der Waals surface area contributed by atoms with Crippen LogP contribution in [0.2, 0.25) is 10.0 Å². The first kappa shape index (κ1) is 18.4. The molecule has 1 amide bonds. The van der Waals surface area contributed by atoms with Crippen LogP contribution in [0.1, 0.15) is 16.1 Å². The zero-order valence-electron chi connectivity index (χ0n) is 12.9. The summed E-state index contributed by atoms with van der Waals surface area (Å²) in [7, 11) is 0. The van der Waals surface area contributed by atoms with Gasteiger partial charge in [0.2, 0.25) is 0 Å². The average Bonchev–Trinajstić information content (AvgIpc) is 3.08. The van der Waals surface area contributed by atoms with Gasteiger partial charge >= 0.3 is 6.18 Å². The van der Waals surface area contributed by atoms with E-state index in [2.05, 4.69) is 5.32 Å². The van der Waals surface area contributed by atoms with E-state index in [-0.39, 0.29) is 32.8 Å². The van der Waals surface area contributed by atoms with Crippen LogP contribution in [0, 0.1) is 0 Å². The van der Waals surface area contributed by atoms with Crippen molar-refractivity contribution in [1.29, 1.82) is 0 Å². The summed E-state index contributed by atoms with van der Waals surface area (Å²) in [5, 5.41) is 3.01. The lowest BCUT2D eigenvalue weighted by molar-refractivity contribution is -0.137. The fourth-order valence-electron chi connectivity index (χ4n) is 2.26. The molecule has 0 atom stereocenters. The predicted molar refractivity (Wildman–Crippen MR) is 93.6 cm³/mol. The Morgan fingerprint density at radius 2 is 1.62 bits per heavy atom. The first-order chi connectivity index (χ1) is 12.3. The second kappa shape index (κ2) is 7.05. The molecular formula is C18H10Cl2F3NO2. The Bertz CT molecular complexity index is 947. The normalized spacial score (nSPS) is 11.4. The molecule has 1 heterocycles. The number of furan rings is 1. The van der Waals surface area contributed by atoms with E-state index in [4.69, 9.17) is 27.6 Å². The number of para-hydroxylation sites is 1. The number of alkyl halides is 3. The highest BCUT2D eigenvalue weighted by atomic mass is 35.5. The lowest BCUT2D eigenvalue weighted by atomic mass is 10.1. The van der Waals surface area contributed by atoms with Gasteiger partial charge in [0.15, 0.2) is 5.76 Å². The van der Waals surface area contributed by atoms with Gasteiger partial charge in [-0.1, -0.05) is 41.4 Å². The van der Waals surface area contributed by atoms with Crippen molar-refractivity contribution in [3.63, 3.8) is 0 Å². The summed E-state index contributed by atoms with van der Waals surface area (Å²) < 4.78 is 43.8. The van der Waals surface area contributed by atoms with E-state index in [0.717, 1.165) is 12.1 Å². The van der Waals surface area contributed by atoms with Crippen molar-refractivity contribution in [2.24, 2.45) is 0 Å². The quantitative estimate of drug-likeness (QED) is 0.544. The van der Waals surface area contributed by atoms with Gasteiger partial charge in [0.1, 0.15) is 5.76 Å². The Labute approximate surface area is 156 Å². The molecule has 0 aliphatic heterocycles. The smallest absolute Gasteiger partial charge is 0.416 e. The molecule has 0 radical (unpaired) electrons. The summed E-state index contributed by atoms with van der Waals surface area (Å²) in [6.45, 7) is 0. The Balaban J connectivity index is 1.85. The third-order valence-corrected chi connectivity index (χ3v) is 4.14. The minimum Gasteiger partial charge on any atom is -0.451 e. The molecule has 26 heavy (non-hydrogen) atoms. The number of carbonyl (C=O) groups is 1.